The summed E-state index contributed by atoms with van der Waals surface area (Å²) in [5.74, 6) is -0.311. The van der Waals surface area contributed by atoms with Crippen molar-refractivity contribution in [3.05, 3.63) is 53.9 Å². The summed E-state index contributed by atoms with van der Waals surface area (Å²) in [6, 6.07) is 8.31. The quantitative estimate of drug-likeness (QED) is 0.806. The predicted octanol–water partition coefficient (Wildman–Crippen LogP) is 2.34. The third-order valence-electron chi connectivity index (χ3n) is 3.02. The molecule has 0 saturated carbocycles. The first kappa shape index (κ1) is 13.5. The van der Waals surface area contributed by atoms with Crippen molar-refractivity contribution >= 4 is 16.3 Å². The van der Waals surface area contributed by atoms with Crippen LogP contribution < -0.4 is 0 Å². The van der Waals surface area contributed by atoms with E-state index in [-0.39, 0.29) is 10.8 Å². The van der Waals surface area contributed by atoms with Gasteiger partial charge in [0.2, 0.25) is 0 Å². The maximum absolute atomic E-state index is 12.3. The second-order valence-electron chi connectivity index (χ2n) is 4.52. The zero-order valence-electron chi connectivity index (χ0n) is 10.8. The van der Waals surface area contributed by atoms with E-state index < -0.39 is 10.0 Å². The van der Waals surface area contributed by atoms with E-state index in [0.717, 1.165) is 15.8 Å². The molecule has 1 atom stereocenters. The molecule has 0 N–H and O–H groups in total. The average Bonchev–Trinajstić information content (AvgIpc) is 2.88. The number of hydrogen-bond acceptors (Lipinski definition) is 3. The Morgan fingerprint density at radius 2 is 1.79 bits per heavy atom. The first-order chi connectivity index (χ1) is 8.95. The van der Waals surface area contributed by atoms with E-state index in [2.05, 4.69) is 0 Å². The number of aromatic nitrogens is 1. The maximum atomic E-state index is 12.3. The number of carbonyl (C=O) groups is 1. The van der Waals surface area contributed by atoms with E-state index in [0.29, 0.717) is 5.56 Å². The van der Waals surface area contributed by atoms with Crippen molar-refractivity contribution < 1.29 is 13.2 Å². The molecule has 2 aromatic rings. The largest absolute Gasteiger partial charge is 0.303 e. The van der Waals surface area contributed by atoms with E-state index in [1.54, 1.807) is 37.3 Å². The fraction of sp³-hybridized carbons (Fsp3) is 0.214. The van der Waals surface area contributed by atoms with Crippen molar-refractivity contribution in [3.63, 3.8) is 0 Å². The summed E-state index contributed by atoms with van der Waals surface area (Å²) >= 11 is 0. The molecule has 0 saturated heterocycles. The Bertz CT molecular complexity index is 684. The summed E-state index contributed by atoms with van der Waals surface area (Å²) in [5.41, 5.74) is 1.69. The molecular weight excluding hydrogens is 262 g/mol. The Balaban J connectivity index is 2.42. The summed E-state index contributed by atoms with van der Waals surface area (Å²) in [5, 5.41) is 0. The van der Waals surface area contributed by atoms with Gasteiger partial charge in [0.15, 0.2) is 0 Å². The van der Waals surface area contributed by atoms with Crippen LogP contribution in [0.4, 0.5) is 0 Å². The molecule has 5 heteroatoms. The molecule has 0 bridgehead atoms. The lowest BCUT2D eigenvalue weighted by Crippen LogP contribution is -2.11. The number of aryl methyl sites for hydroxylation is 1. The minimum atomic E-state index is -3.58. The summed E-state index contributed by atoms with van der Waals surface area (Å²) < 4.78 is 25.8. The van der Waals surface area contributed by atoms with Gasteiger partial charge in [-0.05, 0) is 30.7 Å². The van der Waals surface area contributed by atoms with E-state index >= 15 is 0 Å². The third kappa shape index (κ3) is 2.61. The minimum absolute atomic E-state index is 0.235. The highest BCUT2D eigenvalue weighted by molar-refractivity contribution is 7.90. The van der Waals surface area contributed by atoms with Crippen LogP contribution in [0.1, 0.15) is 24.0 Å². The Hall–Kier alpha value is -1.88. The van der Waals surface area contributed by atoms with Gasteiger partial charge in [0.05, 0.1) is 4.90 Å². The Kier molecular flexibility index (Phi) is 3.57. The van der Waals surface area contributed by atoms with Gasteiger partial charge in [0, 0.05) is 18.3 Å². The Labute approximate surface area is 112 Å². The Morgan fingerprint density at radius 1 is 1.16 bits per heavy atom. The zero-order valence-corrected chi connectivity index (χ0v) is 11.6. The van der Waals surface area contributed by atoms with Crippen LogP contribution in [0.15, 0.2) is 47.6 Å². The molecule has 0 aliphatic carbocycles. The van der Waals surface area contributed by atoms with Crippen LogP contribution in [-0.2, 0) is 14.8 Å². The molecule has 1 unspecified atom stereocenters. The van der Waals surface area contributed by atoms with Crippen LogP contribution in [0.2, 0.25) is 0 Å². The van der Waals surface area contributed by atoms with Gasteiger partial charge in [0.25, 0.3) is 10.0 Å². The van der Waals surface area contributed by atoms with Crippen LogP contribution in [0, 0.1) is 6.92 Å². The maximum Gasteiger partial charge on any atom is 0.267 e. The van der Waals surface area contributed by atoms with Crippen molar-refractivity contribution in [1.29, 1.82) is 0 Å². The lowest BCUT2D eigenvalue weighted by atomic mass is 10.1. The summed E-state index contributed by atoms with van der Waals surface area (Å²) in [4.78, 5) is 10.9. The molecule has 0 fully saturated rings. The van der Waals surface area contributed by atoms with E-state index in [1.165, 1.54) is 12.4 Å². The molecule has 4 nitrogen and oxygen atoms in total. The SMILES string of the molecule is Cc1ccc(S(=O)(=O)n2ccc(C(C)C=O)c2)cc1. The van der Waals surface area contributed by atoms with Crippen molar-refractivity contribution in [2.24, 2.45) is 0 Å². The summed E-state index contributed by atoms with van der Waals surface area (Å²) in [7, 11) is -3.58. The van der Waals surface area contributed by atoms with Crippen LogP contribution in [-0.4, -0.2) is 18.7 Å². The second kappa shape index (κ2) is 5.01. The van der Waals surface area contributed by atoms with Crippen molar-refractivity contribution in [2.45, 2.75) is 24.7 Å². The molecule has 0 amide bonds. The molecule has 0 spiro atoms. The fourth-order valence-electron chi connectivity index (χ4n) is 1.72. The summed E-state index contributed by atoms with van der Waals surface area (Å²) in [6.07, 6.45) is 3.73. The first-order valence-electron chi connectivity index (χ1n) is 5.90. The van der Waals surface area contributed by atoms with Crippen LogP contribution in [0.25, 0.3) is 0 Å². The van der Waals surface area contributed by atoms with Gasteiger partial charge in [-0.15, -0.1) is 0 Å². The van der Waals surface area contributed by atoms with Gasteiger partial charge in [-0.25, -0.2) is 12.4 Å². The van der Waals surface area contributed by atoms with Gasteiger partial charge < -0.3 is 4.79 Å². The molecular formula is C14H15NO3S. The molecule has 0 radical (unpaired) electrons. The molecule has 100 valence electrons. The lowest BCUT2D eigenvalue weighted by Gasteiger charge is -2.06. The van der Waals surface area contributed by atoms with E-state index in [9.17, 15) is 13.2 Å². The van der Waals surface area contributed by atoms with Gasteiger partial charge in [-0.3, -0.25) is 0 Å². The predicted molar refractivity (Wildman–Crippen MR) is 72.7 cm³/mol. The van der Waals surface area contributed by atoms with Crippen LogP contribution in [0.3, 0.4) is 0 Å². The number of rotatable bonds is 4. The minimum Gasteiger partial charge on any atom is -0.303 e. The molecule has 19 heavy (non-hydrogen) atoms. The number of benzene rings is 1. The van der Waals surface area contributed by atoms with Crippen molar-refractivity contribution in [2.75, 3.05) is 0 Å². The van der Waals surface area contributed by atoms with Crippen molar-refractivity contribution in [3.8, 4) is 0 Å². The molecule has 0 aliphatic rings. The molecule has 1 aromatic carbocycles. The van der Waals surface area contributed by atoms with Gasteiger partial charge in [-0.1, -0.05) is 24.6 Å². The topological polar surface area (TPSA) is 56.1 Å². The highest BCUT2D eigenvalue weighted by atomic mass is 32.2. The number of hydrogen-bond donors (Lipinski definition) is 0. The normalized spacial score (nSPS) is 13.2. The van der Waals surface area contributed by atoms with Gasteiger partial charge in [0.1, 0.15) is 6.29 Å². The molecule has 1 aromatic heterocycles. The second-order valence-corrected chi connectivity index (χ2v) is 6.36. The molecule has 2 rings (SSSR count). The monoisotopic (exact) mass is 277 g/mol. The first-order valence-corrected chi connectivity index (χ1v) is 7.34. The van der Waals surface area contributed by atoms with E-state index in [1.807, 2.05) is 6.92 Å². The number of nitrogens with zero attached hydrogens (tertiary/aromatic N) is 1. The lowest BCUT2D eigenvalue weighted by molar-refractivity contribution is -0.108. The average molecular weight is 277 g/mol. The number of carbonyl (C=O) groups excluding carboxylic acids is 1. The van der Waals surface area contributed by atoms with E-state index in [4.69, 9.17) is 0 Å². The van der Waals surface area contributed by atoms with Crippen LogP contribution >= 0.6 is 0 Å². The van der Waals surface area contributed by atoms with Crippen molar-refractivity contribution in [1.82, 2.24) is 3.97 Å². The fourth-order valence-corrected chi connectivity index (χ4v) is 2.93. The standard InChI is InChI=1S/C14H15NO3S/c1-11-3-5-14(6-4-11)19(17,18)15-8-7-13(9-15)12(2)10-16/h3-10,12H,1-2H3. The van der Waals surface area contributed by atoms with Gasteiger partial charge in [-0.2, -0.15) is 0 Å². The summed E-state index contributed by atoms with van der Waals surface area (Å²) in [6.45, 7) is 3.63. The smallest absolute Gasteiger partial charge is 0.267 e. The zero-order chi connectivity index (χ0) is 14.0. The highest BCUT2D eigenvalue weighted by Gasteiger charge is 2.17. The molecule has 1 heterocycles. The van der Waals surface area contributed by atoms with Crippen LogP contribution in [0.5, 0.6) is 0 Å². The van der Waals surface area contributed by atoms with Gasteiger partial charge >= 0.3 is 0 Å². The highest BCUT2D eigenvalue weighted by Crippen LogP contribution is 2.19. The molecule has 0 aliphatic heterocycles. The third-order valence-corrected chi connectivity index (χ3v) is 4.67. The number of aldehydes is 1. The Morgan fingerprint density at radius 3 is 2.37 bits per heavy atom.